The van der Waals surface area contributed by atoms with Gasteiger partial charge in [0.05, 0.1) is 5.92 Å². The van der Waals surface area contributed by atoms with Crippen LogP contribution in [-0.4, -0.2) is 24.0 Å². The molecule has 2 heterocycles. The number of nitriles is 1. The summed E-state index contributed by atoms with van der Waals surface area (Å²) < 4.78 is 0. The van der Waals surface area contributed by atoms with Gasteiger partial charge in [-0.25, -0.2) is 4.98 Å². The molecule has 0 spiro atoms. The Bertz CT molecular complexity index is 443. The Balaban J connectivity index is 2.18. The van der Waals surface area contributed by atoms with Crippen LogP contribution in [0.2, 0.25) is 0 Å². The summed E-state index contributed by atoms with van der Waals surface area (Å²) in [6, 6.07) is 3.53. The Labute approximate surface area is 100 Å². The lowest BCUT2D eigenvalue weighted by Gasteiger charge is -2.16. The molecule has 5 nitrogen and oxygen atoms in total. The topological polar surface area (TPSA) is 69.0 Å². The molecular formula is C12H14N4O. The number of carbonyl (C=O) groups is 1. The smallest absolute Gasteiger partial charge is 0.246 e. The van der Waals surface area contributed by atoms with Gasteiger partial charge in [-0.1, -0.05) is 6.07 Å². The third-order valence-corrected chi connectivity index (χ3v) is 2.85. The number of amides is 1. The van der Waals surface area contributed by atoms with Crippen molar-refractivity contribution in [2.45, 2.75) is 13.3 Å². The third kappa shape index (κ3) is 2.43. The van der Waals surface area contributed by atoms with E-state index in [1.54, 1.807) is 12.3 Å². The molecule has 0 aromatic carbocycles. The van der Waals surface area contributed by atoms with Gasteiger partial charge in [0, 0.05) is 12.7 Å². The normalized spacial score (nSPS) is 18.7. The number of rotatable bonds is 2. The molecular weight excluding hydrogens is 216 g/mol. The molecule has 1 saturated heterocycles. The number of anilines is 1. The second-order valence-electron chi connectivity index (χ2n) is 4.16. The van der Waals surface area contributed by atoms with E-state index in [2.05, 4.69) is 10.3 Å². The lowest BCUT2D eigenvalue weighted by molar-refractivity contribution is -0.121. The molecule has 88 valence electrons. The van der Waals surface area contributed by atoms with Gasteiger partial charge in [-0.15, -0.1) is 0 Å². The molecule has 0 saturated carbocycles. The van der Waals surface area contributed by atoms with E-state index in [4.69, 9.17) is 5.26 Å². The van der Waals surface area contributed by atoms with Gasteiger partial charge in [-0.05, 0) is 31.5 Å². The fourth-order valence-corrected chi connectivity index (χ4v) is 1.85. The maximum Gasteiger partial charge on any atom is 0.246 e. The molecule has 1 aliphatic rings. The number of nitrogens with zero attached hydrogens (tertiary/aromatic N) is 3. The van der Waals surface area contributed by atoms with Gasteiger partial charge in [0.2, 0.25) is 5.91 Å². The third-order valence-electron chi connectivity index (χ3n) is 2.85. The standard InChI is InChI=1S/C12H14N4O/c1-9-2-3-11(15-6-9)16(8-13)12(17)10-4-5-14-7-10/h2-3,6,10,14H,4-5,7H2,1H3. The Morgan fingerprint density at radius 1 is 1.65 bits per heavy atom. The Morgan fingerprint density at radius 2 is 2.47 bits per heavy atom. The van der Waals surface area contributed by atoms with Crippen molar-refractivity contribution in [3.63, 3.8) is 0 Å². The zero-order valence-corrected chi connectivity index (χ0v) is 9.68. The molecule has 0 aliphatic carbocycles. The zero-order chi connectivity index (χ0) is 12.3. The van der Waals surface area contributed by atoms with Crippen LogP contribution in [-0.2, 0) is 4.79 Å². The molecule has 1 aromatic rings. The predicted molar refractivity (Wildman–Crippen MR) is 63.0 cm³/mol. The van der Waals surface area contributed by atoms with Crippen molar-refractivity contribution >= 4 is 11.7 Å². The molecule has 17 heavy (non-hydrogen) atoms. The van der Waals surface area contributed by atoms with Crippen molar-refractivity contribution in [1.82, 2.24) is 10.3 Å². The monoisotopic (exact) mass is 230 g/mol. The van der Waals surface area contributed by atoms with Crippen LogP contribution >= 0.6 is 0 Å². The molecule has 1 fully saturated rings. The Morgan fingerprint density at radius 3 is 3.00 bits per heavy atom. The summed E-state index contributed by atoms with van der Waals surface area (Å²) in [5, 5.41) is 12.2. The summed E-state index contributed by atoms with van der Waals surface area (Å²) in [5.41, 5.74) is 1.00. The maximum absolute atomic E-state index is 12.1. The van der Waals surface area contributed by atoms with Crippen LogP contribution < -0.4 is 10.2 Å². The van der Waals surface area contributed by atoms with E-state index in [-0.39, 0.29) is 11.8 Å². The van der Waals surface area contributed by atoms with Crippen LogP contribution in [0, 0.1) is 24.3 Å². The van der Waals surface area contributed by atoms with Crippen LogP contribution in [0.3, 0.4) is 0 Å². The summed E-state index contributed by atoms with van der Waals surface area (Å²) in [7, 11) is 0. The van der Waals surface area contributed by atoms with Crippen molar-refractivity contribution in [2.75, 3.05) is 18.0 Å². The summed E-state index contributed by atoms with van der Waals surface area (Å²) in [6.07, 6.45) is 4.34. The number of hydrogen-bond acceptors (Lipinski definition) is 4. The Hall–Kier alpha value is -1.93. The van der Waals surface area contributed by atoms with E-state index in [9.17, 15) is 4.79 Å². The zero-order valence-electron chi connectivity index (χ0n) is 9.68. The highest BCUT2D eigenvalue weighted by Gasteiger charge is 2.28. The first-order valence-corrected chi connectivity index (χ1v) is 5.59. The molecule has 0 radical (unpaired) electrons. The van der Waals surface area contributed by atoms with E-state index >= 15 is 0 Å². The molecule has 1 N–H and O–H groups in total. The molecule has 1 aromatic heterocycles. The van der Waals surface area contributed by atoms with E-state index in [1.165, 1.54) is 0 Å². The van der Waals surface area contributed by atoms with Gasteiger partial charge in [-0.2, -0.15) is 10.2 Å². The minimum absolute atomic E-state index is 0.113. The molecule has 1 aliphatic heterocycles. The van der Waals surface area contributed by atoms with Crippen molar-refractivity contribution in [3.05, 3.63) is 23.9 Å². The van der Waals surface area contributed by atoms with E-state index in [0.29, 0.717) is 12.4 Å². The highest BCUT2D eigenvalue weighted by Crippen LogP contribution is 2.17. The predicted octanol–water partition coefficient (Wildman–Crippen LogP) is 0.814. The molecule has 2 rings (SSSR count). The van der Waals surface area contributed by atoms with Crippen molar-refractivity contribution in [1.29, 1.82) is 5.26 Å². The van der Waals surface area contributed by atoms with Crippen LogP contribution in [0.5, 0.6) is 0 Å². The van der Waals surface area contributed by atoms with Gasteiger partial charge in [0.25, 0.3) is 0 Å². The first kappa shape index (κ1) is 11.6. The van der Waals surface area contributed by atoms with Gasteiger partial charge < -0.3 is 5.32 Å². The van der Waals surface area contributed by atoms with E-state index in [0.717, 1.165) is 23.4 Å². The van der Waals surface area contributed by atoms with Gasteiger partial charge in [-0.3, -0.25) is 4.79 Å². The number of nitrogens with one attached hydrogen (secondary N) is 1. The maximum atomic E-state index is 12.1. The van der Waals surface area contributed by atoms with Gasteiger partial charge >= 0.3 is 0 Å². The Kier molecular flexibility index (Phi) is 3.35. The quantitative estimate of drug-likeness (QED) is 0.603. The average molecular weight is 230 g/mol. The first-order valence-electron chi connectivity index (χ1n) is 5.59. The highest BCUT2D eigenvalue weighted by molar-refractivity contribution is 5.96. The first-order chi connectivity index (χ1) is 8.22. The second kappa shape index (κ2) is 4.93. The number of carbonyl (C=O) groups excluding carboxylic acids is 1. The van der Waals surface area contributed by atoms with Gasteiger partial charge in [0.1, 0.15) is 5.82 Å². The SMILES string of the molecule is Cc1ccc(N(C#N)C(=O)C2CCNC2)nc1. The number of pyridine rings is 1. The number of aryl methyl sites for hydroxylation is 1. The number of aromatic nitrogens is 1. The average Bonchev–Trinajstić information content (AvgIpc) is 2.86. The molecule has 1 atom stereocenters. The molecule has 0 bridgehead atoms. The van der Waals surface area contributed by atoms with Crippen molar-refractivity contribution in [2.24, 2.45) is 5.92 Å². The molecule has 5 heteroatoms. The molecule has 1 unspecified atom stereocenters. The van der Waals surface area contributed by atoms with Crippen LogP contribution in [0.15, 0.2) is 18.3 Å². The summed E-state index contributed by atoms with van der Waals surface area (Å²) in [4.78, 5) is 17.3. The lowest BCUT2D eigenvalue weighted by Crippen LogP contribution is -2.34. The summed E-state index contributed by atoms with van der Waals surface area (Å²) >= 11 is 0. The minimum atomic E-state index is -0.172. The highest BCUT2D eigenvalue weighted by atomic mass is 16.2. The number of hydrogen-bond donors (Lipinski definition) is 1. The fourth-order valence-electron chi connectivity index (χ4n) is 1.85. The summed E-state index contributed by atoms with van der Waals surface area (Å²) in [6.45, 7) is 3.39. The van der Waals surface area contributed by atoms with E-state index < -0.39 is 0 Å². The van der Waals surface area contributed by atoms with Crippen LogP contribution in [0.1, 0.15) is 12.0 Å². The minimum Gasteiger partial charge on any atom is -0.316 e. The second-order valence-corrected chi connectivity index (χ2v) is 4.16. The van der Waals surface area contributed by atoms with Crippen LogP contribution in [0.4, 0.5) is 5.82 Å². The van der Waals surface area contributed by atoms with Crippen LogP contribution in [0.25, 0.3) is 0 Å². The van der Waals surface area contributed by atoms with Crippen molar-refractivity contribution in [3.8, 4) is 6.19 Å². The lowest BCUT2D eigenvalue weighted by atomic mass is 10.1. The summed E-state index contributed by atoms with van der Waals surface area (Å²) in [5.74, 6) is 0.113. The van der Waals surface area contributed by atoms with Crippen molar-refractivity contribution < 1.29 is 4.79 Å². The molecule has 1 amide bonds. The largest absolute Gasteiger partial charge is 0.316 e. The fraction of sp³-hybridized carbons (Fsp3) is 0.417. The van der Waals surface area contributed by atoms with E-state index in [1.807, 2.05) is 19.2 Å². The van der Waals surface area contributed by atoms with Gasteiger partial charge in [0.15, 0.2) is 6.19 Å².